The molecule has 3 aromatic rings. The van der Waals surface area contributed by atoms with Gasteiger partial charge in [-0.15, -0.1) is 0 Å². The number of benzene rings is 1. The first-order valence-corrected chi connectivity index (χ1v) is 12.0. The van der Waals surface area contributed by atoms with Crippen molar-refractivity contribution in [2.24, 2.45) is 11.8 Å². The van der Waals surface area contributed by atoms with E-state index < -0.39 is 0 Å². The highest BCUT2D eigenvalue weighted by molar-refractivity contribution is 5.85. The quantitative estimate of drug-likeness (QED) is 0.620. The van der Waals surface area contributed by atoms with E-state index in [2.05, 4.69) is 51.1 Å². The van der Waals surface area contributed by atoms with Crippen LogP contribution >= 0.6 is 0 Å². The average molecular weight is 445 g/mol. The molecule has 2 aliphatic heterocycles. The molecule has 2 aliphatic rings. The molecule has 1 aromatic carbocycles. The van der Waals surface area contributed by atoms with Crippen molar-refractivity contribution in [2.75, 3.05) is 50.7 Å². The van der Waals surface area contributed by atoms with Crippen molar-refractivity contribution in [3.8, 4) is 6.07 Å². The van der Waals surface area contributed by atoms with Crippen molar-refractivity contribution in [3.05, 3.63) is 41.5 Å². The lowest BCUT2D eigenvalue weighted by Gasteiger charge is -2.39. The second-order valence-corrected chi connectivity index (χ2v) is 9.94. The third-order valence-electron chi connectivity index (χ3n) is 7.14. The summed E-state index contributed by atoms with van der Waals surface area (Å²) in [7, 11) is 0. The lowest BCUT2D eigenvalue weighted by atomic mass is 9.92. The smallest absolute Gasteiger partial charge is 0.236 e. The van der Waals surface area contributed by atoms with E-state index in [1.54, 1.807) is 0 Å². The van der Waals surface area contributed by atoms with Gasteiger partial charge in [-0.25, -0.2) is 4.98 Å². The zero-order chi connectivity index (χ0) is 23.1. The predicted octanol–water partition coefficient (Wildman–Crippen LogP) is 3.29. The van der Waals surface area contributed by atoms with Gasteiger partial charge in [0.05, 0.1) is 23.1 Å². The van der Waals surface area contributed by atoms with E-state index in [0.29, 0.717) is 23.9 Å². The number of aromatic nitrogens is 2. The van der Waals surface area contributed by atoms with Crippen LogP contribution in [0.15, 0.2) is 30.3 Å². The molecule has 0 spiro atoms. The van der Waals surface area contributed by atoms with Crippen LogP contribution in [0.3, 0.4) is 0 Å². The number of hydrogen-bond donors (Lipinski definition) is 0. The Morgan fingerprint density at radius 3 is 2.52 bits per heavy atom. The summed E-state index contributed by atoms with van der Waals surface area (Å²) in [6.45, 7) is 12.1. The average Bonchev–Trinajstić information content (AvgIpc) is 3.18. The number of aryl methyl sites for hydroxylation is 1. The number of nitrogens with zero attached hydrogens (tertiary/aromatic N) is 6. The van der Waals surface area contributed by atoms with E-state index in [1.165, 1.54) is 6.42 Å². The number of piperidine rings is 1. The minimum Gasteiger partial charge on any atom is -0.355 e. The first-order chi connectivity index (χ1) is 15.9. The van der Waals surface area contributed by atoms with Crippen molar-refractivity contribution in [1.82, 2.24) is 19.2 Å². The van der Waals surface area contributed by atoms with Gasteiger partial charge in [-0.3, -0.25) is 14.1 Å². The number of imidazole rings is 1. The molecule has 2 aromatic heterocycles. The number of carbonyl (C=O) groups is 1. The van der Waals surface area contributed by atoms with E-state index in [-0.39, 0.29) is 5.91 Å². The summed E-state index contributed by atoms with van der Waals surface area (Å²) in [6, 6.07) is 12.5. The Hall–Kier alpha value is -3.11. The number of likely N-dealkylation sites (tertiary alicyclic amines) is 1. The van der Waals surface area contributed by atoms with Crippen molar-refractivity contribution in [3.63, 3.8) is 0 Å². The van der Waals surface area contributed by atoms with Gasteiger partial charge in [-0.05, 0) is 48.9 Å². The lowest BCUT2D eigenvalue weighted by Crippen LogP contribution is -2.52. The Balaban J connectivity index is 1.35. The second kappa shape index (κ2) is 8.68. The number of para-hydroxylation sites is 2. The maximum Gasteiger partial charge on any atom is 0.236 e. The topological polar surface area (TPSA) is 67.9 Å². The molecule has 1 amide bonds. The Labute approximate surface area is 195 Å². The molecule has 2 fully saturated rings. The third kappa shape index (κ3) is 4.04. The summed E-state index contributed by atoms with van der Waals surface area (Å²) in [4.78, 5) is 24.4. The number of fused-ring (bicyclic) bond motifs is 3. The van der Waals surface area contributed by atoms with E-state index >= 15 is 0 Å². The molecule has 0 bridgehead atoms. The fourth-order valence-electron chi connectivity index (χ4n) is 5.60. The Morgan fingerprint density at radius 2 is 1.82 bits per heavy atom. The number of carbonyl (C=O) groups excluding carboxylic acids is 1. The molecule has 172 valence electrons. The summed E-state index contributed by atoms with van der Waals surface area (Å²) >= 11 is 0. The van der Waals surface area contributed by atoms with Crippen LogP contribution in [0.4, 0.5) is 5.82 Å². The largest absolute Gasteiger partial charge is 0.355 e. The van der Waals surface area contributed by atoms with Gasteiger partial charge in [0.1, 0.15) is 11.9 Å². The highest BCUT2D eigenvalue weighted by Gasteiger charge is 2.28. The van der Waals surface area contributed by atoms with Gasteiger partial charge in [-0.2, -0.15) is 5.26 Å². The normalized spacial score (nSPS) is 22.1. The highest BCUT2D eigenvalue weighted by Crippen LogP contribution is 2.29. The van der Waals surface area contributed by atoms with Crippen LogP contribution in [0.2, 0.25) is 0 Å². The lowest BCUT2D eigenvalue weighted by molar-refractivity contribution is -0.135. The SMILES string of the molecule is Cc1cc(N2CCN(CC(=O)N3C[C@@H](C)C[C@H](C)C3)CC2)n2c(nc3ccccc32)c1C#N. The number of nitriles is 1. The Morgan fingerprint density at radius 1 is 1.12 bits per heavy atom. The Bertz CT molecular complexity index is 1220. The molecule has 0 unspecified atom stereocenters. The standard InChI is InChI=1S/C26H32N6O/c1-18-12-19(2)16-31(15-18)25(33)17-29-8-10-30(11-9-29)24-13-20(3)21(14-27)26-28-22-6-4-5-7-23(22)32(24)26/h4-7,13,18-19H,8-12,15-17H2,1-3H3/t18-,19-/m0/s1. The monoisotopic (exact) mass is 444 g/mol. The van der Waals surface area contributed by atoms with E-state index in [1.807, 2.05) is 25.1 Å². The Kier molecular flexibility index (Phi) is 5.71. The van der Waals surface area contributed by atoms with Gasteiger partial charge in [0.25, 0.3) is 0 Å². The summed E-state index contributed by atoms with van der Waals surface area (Å²) in [5, 5.41) is 9.74. The molecule has 0 aliphatic carbocycles. The third-order valence-corrected chi connectivity index (χ3v) is 7.14. The fourth-order valence-corrected chi connectivity index (χ4v) is 5.60. The van der Waals surface area contributed by atoms with E-state index in [4.69, 9.17) is 4.98 Å². The van der Waals surface area contributed by atoms with Gasteiger partial charge in [0, 0.05) is 39.3 Å². The molecule has 0 saturated carbocycles. The number of piperazine rings is 1. The van der Waals surface area contributed by atoms with Crippen molar-refractivity contribution in [1.29, 1.82) is 5.26 Å². The van der Waals surface area contributed by atoms with Gasteiger partial charge >= 0.3 is 0 Å². The van der Waals surface area contributed by atoms with Crippen LogP contribution in [0.1, 0.15) is 31.4 Å². The summed E-state index contributed by atoms with van der Waals surface area (Å²) in [5.74, 6) is 2.50. The predicted molar refractivity (Wildman–Crippen MR) is 130 cm³/mol. The molecule has 7 nitrogen and oxygen atoms in total. The highest BCUT2D eigenvalue weighted by atomic mass is 16.2. The molecular weight excluding hydrogens is 412 g/mol. The van der Waals surface area contributed by atoms with Gasteiger partial charge in [0.15, 0.2) is 5.65 Å². The van der Waals surface area contributed by atoms with Gasteiger partial charge < -0.3 is 9.80 Å². The van der Waals surface area contributed by atoms with Crippen molar-refractivity contribution in [2.45, 2.75) is 27.2 Å². The summed E-state index contributed by atoms with van der Waals surface area (Å²) < 4.78 is 2.12. The molecule has 0 radical (unpaired) electrons. The van der Waals surface area contributed by atoms with Crippen LogP contribution in [0.5, 0.6) is 0 Å². The summed E-state index contributed by atoms with van der Waals surface area (Å²) in [5.41, 5.74) is 4.21. The molecule has 4 heterocycles. The van der Waals surface area contributed by atoms with E-state index in [9.17, 15) is 10.1 Å². The molecule has 0 N–H and O–H groups in total. The molecule has 33 heavy (non-hydrogen) atoms. The molecule has 5 rings (SSSR count). The fraction of sp³-hybridized carbons (Fsp3) is 0.500. The van der Waals surface area contributed by atoms with Crippen LogP contribution in [-0.2, 0) is 4.79 Å². The minimum absolute atomic E-state index is 0.263. The zero-order valence-electron chi connectivity index (χ0n) is 19.8. The maximum atomic E-state index is 12.9. The molecule has 2 atom stereocenters. The first-order valence-electron chi connectivity index (χ1n) is 12.0. The number of pyridine rings is 1. The van der Waals surface area contributed by atoms with E-state index in [0.717, 1.165) is 67.3 Å². The number of anilines is 1. The molecular formula is C26H32N6O. The first kappa shape index (κ1) is 21.7. The molecule has 2 saturated heterocycles. The van der Waals surface area contributed by atoms with Gasteiger partial charge in [-0.1, -0.05) is 26.0 Å². The van der Waals surface area contributed by atoms with Crippen LogP contribution in [-0.4, -0.2) is 70.9 Å². The number of amides is 1. The zero-order valence-corrected chi connectivity index (χ0v) is 19.8. The van der Waals surface area contributed by atoms with Crippen LogP contribution in [0.25, 0.3) is 16.7 Å². The minimum atomic E-state index is 0.263. The number of rotatable bonds is 3. The van der Waals surface area contributed by atoms with Crippen molar-refractivity contribution < 1.29 is 4.79 Å². The van der Waals surface area contributed by atoms with Crippen LogP contribution < -0.4 is 4.90 Å². The molecule has 7 heteroatoms. The maximum absolute atomic E-state index is 12.9. The van der Waals surface area contributed by atoms with Gasteiger partial charge in [0.2, 0.25) is 5.91 Å². The number of hydrogen-bond acceptors (Lipinski definition) is 5. The summed E-state index contributed by atoms with van der Waals surface area (Å²) in [6.07, 6.45) is 1.21. The van der Waals surface area contributed by atoms with Crippen molar-refractivity contribution >= 4 is 28.4 Å². The van der Waals surface area contributed by atoms with Crippen LogP contribution in [0, 0.1) is 30.1 Å². The second-order valence-electron chi connectivity index (χ2n) is 9.94.